The molecule has 0 unspecified atom stereocenters. The Morgan fingerprint density at radius 1 is 1.32 bits per heavy atom. The minimum absolute atomic E-state index is 0.0863. The van der Waals surface area contributed by atoms with Crippen LogP contribution in [0.1, 0.15) is 49.9 Å². The molecule has 0 saturated carbocycles. The third-order valence-electron chi connectivity index (χ3n) is 6.16. The quantitative estimate of drug-likeness (QED) is 0.603. The van der Waals surface area contributed by atoms with Crippen LogP contribution in [-0.2, 0) is 24.1 Å². The van der Waals surface area contributed by atoms with Gasteiger partial charge in [0.1, 0.15) is 16.4 Å². The molecule has 0 bridgehead atoms. The van der Waals surface area contributed by atoms with Crippen LogP contribution in [-0.4, -0.2) is 23.0 Å². The number of hydrogen-bond acceptors (Lipinski definition) is 5. The number of carbonyl (C=O) groups excluding carboxylic acids is 1. The second kappa shape index (κ2) is 8.46. The van der Waals surface area contributed by atoms with Crippen LogP contribution < -0.4 is 15.6 Å². The lowest BCUT2D eigenvalue weighted by Gasteiger charge is -2.33. The van der Waals surface area contributed by atoms with Crippen molar-refractivity contribution in [3.63, 3.8) is 0 Å². The van der Waals surface area contributed by atoms with Gasteiger partial charge in [-0.2, -0.15) is 0 Å². The maximum atomic E-state index is 12.8. The Bertz CT molecular complexity index is 1170. The molecule has 6 nitrogen and oxygen atoms in total. The third kappa shape index (κ3) is 4.51. The van der Waals surface area contributed by atoms with Crippen molar-refractivity contribution in [2.45, 2.75) is 52.9 Å². The summed E-state index contributed by atoms with van der Waals surface area (Å²) in [5.74, 6) is 1.64. The van der Waals surface area contributed by atoms with Gasteiger partial charge in [0.25, 0.3) is 5.56 Å². The number of aryl methyl sites for hydroxylation is 2. The number of amides is 1. The molecule has 4 rings (SSSR count). The lowest BCUT2D eigenvalue weighted by Crippen LogP contribution is -2.26. The van der Waals surface area contributed by atoms with Crippen LogP contribution in [0.3, 0.4) is 0 Å². The monoisotopic (exact) mass is 439 g/mol. The summed E-state index contributed by atoms with van der Waals surface area (Å²) in [5.41, 5.74) is 1.98. The van der Waals surface area contributed by atoms with Crippen molar-refractivity contribution in [3.05, 3.63) is 50.9 Å². The number of nitrogens with zero attached hydrogens (tertiary/aromatic N) is 1. The lowest BCUT2D eigenvalue weighted by atomic mass is 9.72. The number of ether oxygens (including phenoxy) is 1. The zero-order chi connectivity index (χ0) is 22.2. The number of benzene rings is 1. The van der Waals surface area contributed by atoms with Gasteiger partial charge in [-0.15, -0.1) is 11.3 Å². The molecule has 2 heterocycles. The smallest absolute Gasteiger partial charge is 0.259 e. The second-order valence-electron chi connectivity index (χ2n) is 9.25. The van der Waals surface area contributed by atoms with Gasteiger partial charge in [-0.3, -0.25) is 9.59 Å². The first-order valence-electron chi connectivity index (χ1n) is 10.7. The van der Waals surface area contributed by atoms with Crippen LogP contribution >= 0.6 is 11.3 Å². The van der Waals surface area contributed by atoms with Crippen LogP contribution in [0.2, 0.25) is 0 Å². The van der Waals surface area contributed by atoms with Crippen LogP contribution in [0.4, 0.5) is 5.69 Å². The van der Waals surface area contributed by atoms with E-state index in [2.05, 4.69) is 31.1 Å². The predicted molar refractivity (Wildman–Crippen MR) is 125 cm³/mol. The summed E-state index contributed by atoms with van der Waals surface area (Å²) in [6.07, 6.45) is 3.65. The molecule has 2 aromatic heterocycles. The summed E-state index contributed by atoms with van der Waals surface area (Å²) in [6.45, 7) is 6.86. The molecule has 1 aromatic carbocycles. The first-order valence-corrected chi connectivity index (χ1v) is 11.5. The highest BCUT2D eigenvalue weighted by Crippen LogP contribution is 2.42. The first kappa shape index (κ1) is 21.6. The molecule has 164 valence electrons. The molecule has 1 atom stereocenters. The Morgan fingerprint density at radius 3 is 2.84 bits per heavy atom. The number of nitrogens with one attached hydrogen (secondary N) is 2. The highest BCUT2D eigenvalue weighted by molar-refractivity contribution is 7.18. The first-order chi connectivity index (χ1) is 14.8. The third-order valence-corrected chi connectivity index (χ3v) is 7.31. The van der Waals surface area contributed by atoms with E-state index in [1.807, 2.05) is 12.1 Å². The number of methoxy groups -OCH3 is 1. The van der Waals surface area contributed by atoms with Crippen molar-refractivity contribution in [2.75, 3.05) is 12.4 Å². The number of hydrogen-bond donors (Lipinski definition) is 2. The maximum Gasteiger partial charge on any atom is 0.259 e. The Balaban J connectivity index is 1.50. The van der Waals surface area contributed by atoms with E-state index >= 15 is 0 Å². The second-order valence-corrected chi connectivity index (χ2v) is 10.3. The molecule has 0 spiro atoms. The van der Waals surface area contributed by atoms with Gasteiger partial charge >= 0.3 is 0 Å². The number of thiophene rings is 1. The molecule has 0 aliphatic heterocycles. The van der Waals surface area contributed by atoms with E-state index in [0.717, 1.165) is 29.5 Å². The molecule has 2 N–H and O–H groups in total. The fraction of sp³-hybridized carbons (Fsp3) is 0.458. The number of anilines is 1. The normalized spacial score (nSPS) is 16.2. The Kier molecular flexibility index (Phi) is 5.88. The topological polar surface area (TPSA) is 84.1 Å². The molecule has 1 aliphatic rings. The lowest BCUT2D eigenvalue weighted by molar-refractivity contribution is -0.116. The predicted octanol–water partition coefficient (Wildman–Crippen LogP) is 4.72. The van der Waals surface area contributed by atoms with Gasteiger partial charge in [0, 0.05) is 17.7 Å². The SMILES string of the molecule is COc1ccccc1NC(=O)CCc1nc2sc3c(c2c(=O)[nH]1)CC[C@H](C(C)(C)C)C3. The van der Waals surface area contributed by atoms with Gasteiger partial charge in [0.2, 0.25) is 5.91 Å². The molecule has 31 heavy (non-hydrogen) atoms. The Morgan fingerprint density at radius 2 is 2.10 bits per heavy atom. The minimum Gasteiger partial charge on any atom is -0.495 e. The van der Waals surface area contributed by atoms with E-state index in [9.17, 15) is 9.59 Å². The van der Waals surface area contributed by atoms with Crippen molar-refractivity contribution in [1.29, 1.82) is 0 Å². The summed E-state index contributed by atoms with van der Waals surface area (Å²) in [5, 5.41) is 3.61. The highest BCUT2D eigenvalue weighted by Gasteiger charge is 2.31. The number of H-pyrrole nitrogens is 1. The van der Waals surface area contributed by atoms with Crippen molar-refractivity contribution in [1.82, 2.24) is 9.97 Å². The van der Waals surface area contributed by atoms with Crippen molar-refractivity contribution in [3.8, 4) is 5.75 Å². The molecule has 0 saturated heterocycles. The van der Waals surface area contributed by atoms with Gasteiger partial charge < -0.3 is 15.0 Å². The summed E-state index contributed by atoms with van der Waals surface area (Å²) < 4.78 is 5.27. The van der Waals surface area contributed by atoms with E-state index in [-0.39, 0.29) is 23.3 Å². The molecule has 0 fully saturated rings. The molecule has 3 aromatic rings. The van der Waals surface area contributed by atoms with Crippen molar-refractivity contribution < 1.29 is 9.53 Å². The standard InChI is InChI=1S/C24H29N3O3S/c1-24(2,3)14-9-10-15-18(13-14)31-23-21(15)22(29)26-19(27-23)11-12-20(28)25-16-7-5-6-8-17(16)30-4/h5-8,14H,9-13H2,1-4H3,(H,25,28)(H,26,27,29)/t14-/m0/s1. The van der Waals surface area contributed by atoms with Crippen molar-refractivity contribution in [2.24, 2.45) is 11.3 Å². The summed E-state index contributed by atoms with van der Waals surface area (Å²) in [6, 6.07) is 7.28. The number of para-hydroxylation sites is 2. The van der Waals surface area contributed by atoms with Crippen LogP contribution in [0.25, 0.3) is 10.2 Å². The molecule has 7 heteroatoms. The average Bonchev–Trinajstić information content (AvgIpc) is 3.10. The van der Waals surface area contributed by atoms with E-state index in [0.29, 0.717) is 29.6 Å². The largest absolute Gasteiger partial charge is 0.495 e. The summed E-state index contributed by atoms with van der Waals surface area (Å²) >= 11 is 1.64. The van der Waals surface area contributed by atoms with Gasteiger partial charge in [0.05, 0.1) is 18.2 Å². The van der Waals surface area contributed by atoms with Gasteiger partial charge in [-0.25, -0.2) is 4.98 Å². The van der Waals surface area contributed by atoms with E-state index in [4.69, 9.17) is 9.72 Å². The maximum absolute atomic E-state index is 12.8. The molecule has 0 radical (unpaired) electrons. The summed E-state index contributed by atoms with van der Waals surface area (Å²) in [7, 11) is 1.57. The fourth-order valence-corrected chi connectivity index (χ4v) is 5.60. The van der Waals surface area contributed by atoms with Gasteiger partial charge in [0.15, 0.2) is 0 Å². The van der Waals surface area contributed by atoms with Crippen LogP contribution in [0, 0.1) is 11.3 Å². The van der Waals surface area contributed by atoms with E-state index in [1.165, 1.54) is 10.4 Å². The van der Waals surface area contributed by atoms with Crippen LogP contribution in [0.15, 0.2) is 29.1 Å². The zero-order valence-electron chi connectivity index (χ0n) is 18.5. The summed E-state index contributed by atoms with van der Waals surface area (Å²) in [4.78, 5) is 34.9. The van der Waals surface area contributed by atoms with Crippen molar-refractivity contribution >= 4 is 33.1 Å². The molecule has 1 amide bonds. The molecule has 1 aliphatic carbocycles. The van der Waals surface area contributed by atoms with Crippen LogP contribution in [0.5, 0.6) is 5.75 Å². The van der Waals surface area contributed by atoms with E-state index < -0.39 is 0 Å². The number of rotatable bonds is 5. The Labute approximate surface area is 186 Å². The zero-order valence-corrected chi connectivity index (χ0v) is 19.3. The molecular weight excluding hydrogens is 410 g/mol. The van der Waals surface area contributed by atoms with Gasteiger partial charge in [-0.1, -0.05) is 32.9 Å². The minimum atomic E-state index is -0.147. The fourth-order valence-electron chi connectivity index (χ4n) is 4.28. The highest BCUT2D eigenvalue weighted by atomic mass is 32.1. The number of aromatic amines is 1. The van der Waals surface area contributed by atoms with Gasteiger partial charge in [-0.05, 0) is 48.3 Å². The van der Waals surface area contributed by atoms with E-state index in [1.54, 1.807) is 30.6 Å². The Hall–Kier alpha value is -2.67. The molecular formula is C24H29N3O3S. The average molecular weight is 440 g/mol. The number of fused-ring (bicyclic) bond motifs is 3. The number of carbonyl (C=O) groups is 1. The number of aromatic nitrogens is 2.